The average Bonchev–Trinajstić information content (AvgIpc) is 2.73. The van der Waals surface area contributed by atoms with Gasteiger partial charge in [0.15, 0.2) is 11.5 Å². The van der Waals surface area contributed by atoms with E-state index >= 15 is 0 Å². The summed E-state index contributed by atoms with van der Waals surface area (Å²) in [6, 6.07) is 6.94. The summed E-state index contributed by atoms with van der Waals surface area (Å²) in [4.78, 5) is 21.4. The highest BCUT2D eigenvalue weighted by Gasteiger charge is 2.23. The number of halogens is 4. The molecule has 0 spiro atoms. The van der Waals surface area contributed by atoms with Crippen molar-refractivity contribution in [2.45, 2.75) is 44.8 Å². The summed E-state index contributed by atoms with van der Waals surface area (Å²) in [6.07, 6.45) is 4.37. The Morgan fingerprint density at radius 1 is 1.09 bits per heavy atom. The Bertz CT molecular complexity index is 1110. The van der Waals surface area contributed by atoms with Gasteiger partial charge in [-0.05, 0) is 56.9 Å². The van der Waals surface area contributed by atoms with Gasteiger partial charge in [-0.2, -0.15) is 0 Å². The molecular weight excluding hydrogens is 496 g/mol. The molecule has 1 fully saturated rings. The van der Waals surface area contributed by atoms with Gasteiger partial charge in [-0.1, -0.05) is 23.2 Å². The third-order valence-corrected chi connectivity index (χ3v) is 6.03. The van der Waals surface area contributed by atoms with Gasteiger partial charge in [0.2, 0.25) is 0 Å². The lowest BCUT2D eigenvalue weighted by Gasteiger charge is -2.28. The van der Waals surface area contributed by atoms with Gasteiger partial charge in [-0.25, -0.2) is 4.98 Å². The van der Waals surface area contributed by atoms with Crippen LogP contribution in [0.25, 0.3) is 22.3 Å². The summed E-state index contributed by atoms with van der Waals surface area (Å²) < 4.78 is 0. The summed E-state index contributed by atoms with van der Waals surface area (Å²) in [7, 11) is 0. The number of aliphatic hydroxyl groups is 1. The van der Waals surface area contributed by atoms with Gasteiger partial charge in [0.05, 0.1) is 38.6 Å². The van der Waals surface area contributed by atoms with E-state index < -0.39 is 0 Å². The summed E-state index contributed by atoms with van der Waals surface area (Å²) in [6.45, 7) is 1.50. The normalized spacial score (nSPS) is 17.9. The second-order valence-corrected chi connectivity index (χ2v) is 8.42. The zero-order chi connectivity index (χ0) is 21.4. The van der Waals surface area contributed by atoms with Crippen molar-refractivity contribution in [3.05, 3.63) is 46.1 Å². The second kappa shape index (κ2) is 10.9. The zero-order valence-corrected chi connectivity index (χ0v) is 20.3. The molecule has 172 valence electrons. The third kappa shape index (κ3) is 5.38. The maximum absolute atomic E-state index is 12.3. The number of aliphatic hydroxyl groups excluding tert-OH is 1. The van der Waals surface area contributed by atoms with Crippen LogP contribution in [0.2, 0.25) is 10.0 Å². The molecule has 0 radical (unpaired) electrons. The number of aromatic nitrogens is 2. The van der Waals surface area contributed by atoms with Crippen LogP contribution >= 0.6 is 48.0 Å². The Balaban J connectivity index is 0.00000181. The topological polar surface area (TPSA) is 95.3 Å². The molecule has 0 atom stereocenters. The zero-order valence-electron chi connectivity index (χ0n) is 17.1. The van der Waals surface area contributed by atoms with Crippen molar-refractivity contribution in [1.29, 1.82) is 0 Å². The Morgan fingerprint density at radius 3 is 2.31 bits per heavy atom. The van der Waals surface area contributed by atoms with Crippen molar-refractivity contribution in [2.24, 2.45) is 0 Å². The maximum Gasteiger partial charge on any atom is 0.163 e. The van der Waals surface area contributed by atoms with E-state index in [-0.39, 0.29) is 58.5 Å². The van der Waals surface area contributed by atoms with Crippen LogP contribution in [0.1, 0.15) is 43.0 Å². The van der Waals surface area contributed by atoms with Gasteiger partial charge in [0.25, 0.3) is 0 Å². The van der Waals surface area contributed by atoms with Crippen molar-refractivity contribution in [3.8, 4) is 17.0 Å². The second-order valence-electron chi connectivity index (χ2n) is 7.61. The molecule has 3 aromatic rings. The van der Waals surface area contributed by atoms with Gasteiger partial charge >= 0.3 is 0 Å². The fourth-order valence-electron chi connectivity index (χ4n) is 3.78. The maximum atomic E-state index is 12.3. The number of ketones is 1. The minimum atomic E-state index is -0.266. The molecule has 1 saturated carbocycles. The van der Waals surface area contributed by atoms with Crippen LogP contribution in [0.5, 0.6) is 5.75 Å². The minimum Gasteiger partial charge on any atom is -0.505 e. The van der Waals surface area contributed by atoms with Crippen molar-refractivity contribution in [3.63, 3.8) is 0 Å². The van der Waals surface area contributed by atoms with Gasteiger partial charge in [-0.3, -0.25) is 9.78 Å². The Labute approximate surface area is 208 Å². The molecule has 1 aromatic carbocycles. The molecule has 10 heteroatoms. The molecule has 0 saturated heterocycles. The number of rotatable bonds is 4. The average molecular weight is 519 g/mol. The molecule has 0 amide bonds. The van der Waals surface area contributed by atoms with E-state index in [2.05, 4.69) is 10.3 Å². The van der Waals surface area contributed by atoms with Gasteiger partial charge < -0.3 is 15.5 Å². The van der Waals surface area contributed by atoms with E-state index in [4.69, 9.17) is 28.2 Å². The number of hydrogen-bond acceptors (Lipinski definition) is 6. The monoisotopic (exact) mass is 517 g/mol. The Kier molecular flexibility index (Phi) is 8.97. The smallest absolute Gasteiger partial charge is 0.163 e. The molecule has 3 N–H and O–H groups in total. The molecule has 0 unspecified atom stereocenters. The van der Waals surface area contributed by atoms with Gasteiger partial charge in [0, 0.05) is 17.8 Å². The fraction of sp³-hybridized carbons (Fsp3) is 0.318. The lowest BCUT2D eigenvalue weighted by atomic mass is 9.92. The first-order chi connectivity index (χ1) is 14.3. The van der Waals surface area contributed by atoms with Gasteiger partial charge in [-0.15, -0.1) is 24.8 Å². The number of benzene rings is 1. The fourth-order valence-corrected chi connectivity index (χ4v) is 4.26. The first kappa shape index (κ1) is 26.4. The molecule has 1 aliphatic rings. The number of nitrogens with zero attached hydrogens (tertiary/aromatic N) is 2. The summed E-state index contributed by atoms with van der Waals surface area (Å²) in [5.41, 5.74) is 3.58. The number of carbonyl (C=O) groups excluding carboxylic acids is 1. The van der Waals surface area contributed by atoms with Crippen molar-refractivity contribution in [2.75, 3.05) is 5.32 Å². The number of phenols is 1. The van der Waals surface area contributed by atoms with Crippen LogP contribution < -0.4 is 5.32 Å². The lowest BCUT2D eigenvalue weighted by molar-refractivity contribution is 0.101. The number of anilines is 1. The van der Waals surface area contributed by atoms with Gasteiger partial charge in [0.1, 0.15) is 5.52 Å². The van der Waals surface area contributed by atoms with E-state index in [1.807, 2.05) is 6.07 Å². The Hall–Kier alpha value is -1.83. The number of fused-ring (bicyclic) bond motifs is 1. The molecule has 6 nitrogen and oxygen atoms in total. The molecule has 0 aliphatic heterocycles. The molecule has 1 aliphatic carbocycles. The molecule has 4 rings (SSSR count). The van der Waals surface area contributed by atoms with Crippen LogP contribution in [-0.4, -0.2) is 38.1 Å². The molecule has 32 heavy (non-hydrogen) atoms. The molecule has 2 aromatic heterocycles. The summed E-state index contributed by atoms with van der Waals surface area (Å²) >= 11 is 12.1. The predicted octanol–water partition coefficient (Wildman–Crippen LogP) is 6.07. The number of nitrogens with one attached hydrogen (secondary N) is 1. The van der Waals surface area contributed by atoms with E-state index in [9.17, 15) is 15.0 Å². The summed E-state index contributed by atoms with van der Waals surface area (Å²) in [5.74, 6) is -0.282. The highest BCUT2D eigenvalue weighted by Crippen LogP contribution is 2.37. The number of pyridine rings is 2. The molecule has 0 bridgehead atoms. The largest absolute Gasteiger partial charge is 0.505 e. The van der Waals surface area contributed by atoms with Crippen molar-refractivity contribution >= 4 is 70.5 Å². The number of aromatic hydroxyl groups is 1. The van der Waals surface area contributed by atoms with E-state index in [0.717, 1.165) is 25.7 Å². The predicted molar refractivity (Wildman–Crippen MR) is 133 cm³/mol. The van der Waals surface area contributed by atoms with E-state index in [1.165, 1.54) is 6.92 Å². The standard InChI is InChI=1S/C22H21Cl2N3O3.2ClH/c1-11(28)15-10-25-19-7-6-18(12-8-16(23)22(30)17(24)9-12)27-21(19)20(15)26-13-2-4-14(29)5-3-13;;/h6-10,13-14,29-30H,2-5H2,1H3,(H,25,26);2*1H. The third-order valence-electron chi connectivity index (χ3n) is 5.45. The number of hydrogen-bond donors (Lipinski definition) is 3. The van der Waals surface area contributed by atoms with Crippen LogP contribution in [0.3, 0.4) is 0 Å². The Morgan fingerprint density at radius 2 is 1.72 bits per heavy atom. The van der Waals surface area contributed by atoms with Crippen LogP contribution in [0.15, 0.2) is 30.5 Å². The van der Waals surface area contributed by atoms with Crippen LogP contribution in [-0.2, 0) is 0 Å². The summed E-state index contributed by atoms with van der Waals surface area (Å²) in [5, 5.41) is 23.4. The van der Waals surface area contributed by atoms with Crippen molar-refractivity contribution < 1.29 is 15.0 Å². The molecule has 2 heterocycles. The minimum absolute atomic E-state index is 0. The first-order valence-electron chi connectivity index (χ1n) is 9.77. The van der Waals surface area contributed by atoms with E-state index in [0.29, 0.717) is 33.5 Å². The first-order valence-corrected chi connectivity index (χ1v) is 10.5. The number of phenolic OH excluding ortho intramolecular Hbond substituents is 1. The van der Waals surface area contributed by atoms with E-state index in [1.54, 1.807) is 24.4 Å². The van der Waals surface area contributed by atoms with Crippen LogP contribution in [0.4, 0.5) is 5.69 Å². The number of carbonyl (C=O) groups is 1. The molecular formula is C22H23Cl4N3O3. The highest BCUT2D eigenvalue weighted by atomic mass is 35.5. The highest BCUT2D eigenvalue weighted by molar-refractivity contribution is 6.37. The quantitative estimate of drug-likeness (QED) is 0.363. The van der Waals surface area contributed by atoms with Crippen molar-refractivity contribution in [1.82, 2.24) is 9.97 Å². The van der Waals surface area contributed by atoms with Crippen LogP contribution in [0, 0.1) is 0 Å². The number of Topliss-reactive ketones (excluding diaryl/α,β-unsaturated/α-hetero) is 1. The lowest BCUT2D eigenvalue weighted by Crippen LogP contribution is -2.29. The SMILES string of the molecule is CC(=O)c1cnc2ccc(-c3cc(Cl)c(O)c(Cl)c3)nc2c1NC1CCC(O)CC1.Cl.Cl.